The average molecular weight is 551 g/mol. The third-order valence-electron chi connectivity index (χ3n) is 5.59. The van der Waals surface area contributed by atoms with E-state index in [2.05, 4.69) is 4.98 Å². The zero-order valence-electron chi connectivity index (χ0n) is 21.4. The maximum absolute atomic E-state index is 12.6. The molecule has 0 saturated carbocycles. The molecule has 4 rings (SSSR count). The van der Waals surface area contributed by atoms with Gasteiger partial charge in [0.25, 0.3) is 0 Å². The van der Waals surface area contributed by atoms with E-state index < -0.39 is 21.4 Å². The lowest BCUT2D eigenvalue weighted by Crippen LogP contribution is -2.18. The van der Waals surface area contributed by atoms with Crippen LogP contribution in [0.3, 0.4) is 0 Å². The van der Waals surface area contributed by atoms with Crippen LogP contribution >= 0.6 is 11.3 Å². The lowest BCUT2D eigenvalue weighted by atomic mass is 10.2. The highest BCUT2D eigenvalue weighted by atomic mass is 32.2. The van der Waals surface area contributed by atoms with Crippen molar-refractivity contribution < 1.29 is 22.7 Å². The first kappa shape index (κ1) is 27.5. The Morgan fingerprint density at radius 2 is 1.61 bits per heavy atom. The number of sulfone groups is 1. The van der Waals surface area contributed by atoms with E-state index in [1.165, 1.54) is 11.3 Å². The molecule has 7 nitrogen and oxygen atoms in total. The highest BCUT2D eigenvalue weighted by Crippen LogP contribution is 2.34. The van der Waals surface area contributed by atoms with Crippen LogP contribution in [0.15, 0.2) is 84.9 Å². The fourth-order valence-corrected chi connectivity index (χ4v) is 5.38. The summed E-state index contributed by atoms with van der Waals surface area (Å²) in [6.45, 7) is 3.67. The van der Waals surface area contributed by atoms with Crippen molar-refractivity contribution in [2.45, 2.75) is 20.1 Å². The number of carbonyl (C=O) groups is 1. The second-order valence-corrected chi connectivity index (χ2v) is 12.2. The normalized spacial score (nSPS) is 11.3. The molecule has 0 unspecified atom stereocenters. The van der Waals surface area contributed by atoms with Crippen molar-refractivity contribution in [2.75, 3.05) is 30.1 Å². The predicted octanol–water partition coefficient (Wildman–Crippen LogP) is 5.61. The number of aryl methyl sites for hydroxylation is 1. The van der Waals surface area contributed by atoms with Gasteiger partial charge in [-0.3, -0.25) is 4.79 Å². The Hall–Kier alpha value is -3.53. The number of ketones is 1. The topological polar surface area (TPSA) is 85.8 Å². The highest BCUT2D eigenvalue weighted by molar-refractivity contribution is 7.91. The third kappa shape index (κ3) is 7.98. The average Bonchev–Trinajstić information content (AvgIpc) is 3.29. The van der Waals surface area contributed by atoms with Crippen molar-refractivity contribution >= 4 is 37.8 Å². The van der Waals surface area contributed by atoms with Gasteiger partial charge in [-0.05, 0) is 30.2 Å². The van der Waals surface area contributed by atoms with Crippen LogP contribution in [-0.4, -0.2) is 44.4 Å². The van der Waals surface area contributed by atoms with Crippen LogP contribution in [0.4, 0.5) is 10.8 Å². The van der Waals surface area contributed by atoms with Crippen LogP contribution in [0.1, 0.15) is 26.5 Å². The molecule has 4 aromatic rings. The summed E-state index contributed by atoms with van der Waals surface area (Å²) in [7, 11) is -3.46. The van der Waals surface area contributed by atoms with Crippen LogP contribution in [-0.2, 0) is 27.7 Å². The van der Waals surface area contributed by atoms with Crippen LogP contribution in [0, 0.1) is 6.92 Å². The quantitative estimate of drug-likeness (QED) is 0.158. The van der Waals surface area contributed by atoms with Crippen molar-refractivity contribution in [2.24, 2.45) is 0 Å². The number of Topliss-reactive ketones (excluding diaryl/α,β-unsaturated/α-hetero) is 1. The van der Waals surface area contributed by atoms with Gasteiger partial charge in [0.15, 0.2) is 20.8 Å². The van der Waals surface area contributed by atoms with E-state index in [4.69, 9.17) is 9.47 Å². The number of hydrogen-bond donors (Lipinski definition) is 0. The number of ether oxygens (including phenoxy) is 2. The second kappa shape index (κ2) is 12.8. The van der Waals surface area contributed by atoms with E-state index in [0.29, 0.717) is 42.1 Å². The molecular weight excluding hydrogens is 520 g/mol. The number of hydrogen-bond acceptors (Lipinski definition) is 8. The van der Waals surface area contributed by atoms with E-state index in [-0.39, 0.29) is 5.69 Å². The van der Waals surface area contributed by atoms with Gasteiger partial charge in [0.2, 0.25) is 0 Å². The minimum atomic E-state index is -3.46. The Morgan fingerprint density at radius 3 is 2.29 bits per heavy atom. The van der Waals surface area contributed by atoms with Crippen LogP contribution in [0.25, 0.3) is 0 Å². The van der Waals surface area contributed by atoms with Gasteiger partial charge in [-0.25, -0.2) is 13.4 Å². The molecule has 0 amide bonds. The maximum Gasteiger partial charge on any atom is 0.197 e. The molecule has 9 heteroatoms. The summed E-state index contributed by atoms with van der Waals surface area (Å²) in [5, 5.41) is 0.603. The molecule has 0 fully saturated rings. The molecule has 0 aliphatic rings. The Kier molecular flexibility index (Phi) is 9.28. The SMILES string of the molecule is Cc1sc(N(Cc2ccccc2)c2cccc(OCCOCc3ccccc3)c2)nc1C(=O)CS(C)(=O)=O. The number of rotatable bonds is 13. The first-order valence-corrected chi connectivity index (χ1v) is 15.0. The van der Waals surface area contributed by atoms with E-state index in [0.717, 1.165) is 23.1 Å². The molecule has 198 valence electrons. The summed E-state index contributed by atoms with van der Waals surface area (Å²) < 4.78 is 35.1. The van der Waals surface area contributed by atoms with Crippen LogP contribution in [0.2, 0.25) is 0 Å². The summed E-state index contributed by atoms with van der Waals surface area (Å²) in [6.07, 6.45) is 1.05. The maximum atomic E-state index is 12.6. The fraction of sp³-hybridized carbons (Fsp3) is 0.241. The summed E-state index contributed by atoms with van der Waals surface area (Å²) in [5.41, 5.74) is 3.20. The predicted molar refractivity (Wildman–Crippen MR) is 151 cm³/mol. The smallest absolute Gasteiger partial charge is 0.197 e. The minimum Gasteiger partial charge on any atom is -0.491 e. The second-order valence-electron chi connectivity index (χ2n) is 8.85. The molecule has 0 spiro atoms. The summed E-state index contributed by atoms with van der Waals surface area (Å²) in [6, 6.07) is 27.6. The zero-order valence-corrected chi connectivity index (χ0v) is 23.0. The van der Waals surface area contributed by atoms with Gasteiger partial charge >= 0.3 is 0 Å². The first-order valence-electron chi connectivity index (χ1n) is 12.1. The molecule has 0 atom stereocenters. The van der Waals surface area contributed by atoms with Crippen molar-refractivity contribution in [1.82, 2.24) is 4.98 Å². The van der Waals surface area contributed by atoms with Gasteiger partial charge in [0.05, 0.1) is 19.8 Å². The van der Waals surface area contributed by atoms with Crippen molar-refractivity contribution in [3.05, 3.63) is 107 Å². The number of nitrogens with zero attached hydrogens (tertiary/aromatic N) is 2. The van der Waals surface area contributed by atoms with Gasteiger partial charge in [-0.2, -0.15) is 0 Å². The lowest BCUT2D eigenvalue weighted by Gasteiger charge is -2.23. The highest BCUT2D eigenvalue weighted by Gasteiger charge is 2.23. The number of aromatic nitrogens is 1. The number of anilines is 2. The molecule has 1 heterocycles. The van der Waals surface area contributed by atoms with Crippen molar-refractivity contribution in [3.8, 4) is 5.75 Å². The monoisotopic (exact) mass is 550 g/mol. The van der Waals surface area contributed by atoms with Gasteiger partial charge in [0.1, 0.15) is 23.8 Å². The molecular formula is C29H30N2O5S2. The Labute approximate surface area is 227 Å². The van der Waals surface area contributed by atoms with E-state index in [9.17, 15) is 13.2 Å². The third-order valence-corrected chi connectivity index (χ3v) is 7.37. The van der Waals surface area contributed by atoms with E-state index in [1.54, 1.807) is 6.92 Å². The standard InChI is InChI=1S/C29H30N2O5S2/c1-22-28(27(32)21-38(2,33)34)30-29(37-22)31(19-23-10-5-3-6-11-23)25-14-9-15-26(18-25)36-17-16-35-20-24-12-7-4-8-13-24/h3-15,18H,16-17,19-21H2,1-2H3. The summed E-state index contributed by atoms with van der Waals surface area (Å²) in [5.74, 6) is -0.379. The largest absolute Gasteiger partial charge is 0.491 e. The molecule has 38 heavy (non-hydrogen) atoms. The van der Waals surface area contributed by atoms with Gasteiger partial charge < -0.3 is 14.4 Å². The zero-order chi connectivity index (χ0) is 27.0. The van der Waals surface area contributed by atoms with Gasteiger partial charge in [-0.15, -0.1) is 11.3 Å². The van der Waals surface area contributed by atoms with Crippen molar-refractivity contribution in [1.29, 1.82) is 0 Å². The molecule has 3 aromatic carbocycles. The molecule has 0 bridgehead atoms. The summed E-state index contributed by atoms with van der Waals surface area (Å²) in [4.78, 5) is 19.9. The Morgan fingerprint density at radius 1 is 0.921 bits per heavy atom. The summed E-state index contributed by atoms with van der Waals surface area (Å²) >= 11 is 1.36. The van der Waals surface area contributed by atoms with Gasteiger partial charge in [0, 0.05) is 22.9 Å². The van der Waals surface area contributed by atoms with Crippen LogP contribution in [0.5, 0.6) is 5.75 Å². The van der Waals surface area contributed by atoms with Crippen molar-refractivity contribution in [3.63, 3.8) is 0 Å². The number of benzene rings is 3. The number of carbonyl (C=O) groups excluding carboxylic acids is 1. The molecule has 1 aromatic heterocycles. The van der Waals surface area contributed by atoms with E-state index >= 15 is 0 Å². The minimum absolute atomic E-state index is 0.191. The molecule has 0 saturated heterocycles. The number of thiazole rings is 1. The van der Waals surface area contributed by atoms with Gasteiger partial charge in [-0.1, -0.05) is 66.7 Å². The van der Waals surface area contributed by atoms with E-state index in [1.807, 2.05) is 89.8 Å². The first-order chi connectivity index (χ1) is 18.3. The molecule has 0 N–H and O–H groups in total. The fourth-order valence-electron chi connectivity index (χ4n) is 3.82. The lowest BCUT2D eigenvalue weighted by molar-refractivity contribution is 0.0889. The Balaban J connectivity index is 1.51. The van der Waals surface area contributed by atoms with Crippen LogP contribution < -0.4 is 9.64 Å². The Bertz CT molecular complexity index is 1450. The molecule has 0 radical (unpaired) electrons. The molecule has 0 aliphatic carbocycles. The molecule has 0 aliphatic heterocycles.